The van der Waals surface area contributed by atoms with Crippen molar-refractivity contribution in [2.75, 3.05) is 24.6 Å². The van der Waals surface area contributed by atoms with Gasteiger partial charge in [-0.3, -0.25) is 9.36 Å². The highest BCUT2D eigenvalue weighted by Crippen LogP contribution is 2.28. The molecule has 1 atom stereocenters. The molecule has 29 heavy (non-hydrogen) atoms. The molecule has 1 N–H and O–H groups in total. The zero-order chi connectivity index (χ0) is 20.1. The average Bonchev–Trinajstić information content (AvgIpc) is 3.45. The number of nitrogens with zero attached hydrogens (tertiary/aromatic N) is 4. The molecule has 1 amide bonds. The van der Waals surface area contributed by atoms with Crippen molar-refractivity contribution in [3.05, 3.63) is 54.4 Å². The molecule has 2 aromatic heterocycles. The fourth-order valence-electron chi connectivity index (χ4n) is 3.54. The lowest BCUT2D eigenvalue weighted by Crippen LogP contribution is -2.43. The second-order valence-electron chi connectivity index (χ2n) is 7.00. The van der Waals surface area contributed by atoms with Crippen molar-refractivity contribution in [1.29, 1.82) is 0 Å². The van der Waals surface area contributed by atoms with E-state index in [2.05, 4.69) is 20.4 Å². The summed E-state index contributed by atoms with van der Waals surface area (Å²) in [4.78, 5) is 15.0. The second kappa shape index (κ2) is 9.09. The quantitative estimate of drug-likeness (QED) is 0.646. The molecule has 3 heterocycles. The maximum Gasteiger partial charge on any atom is 0.225 e. The fraction of sp³-hybridized carbons (Fsp3) is 0.381. The van der Waals surface area contributed by atoms with Crippen LogP contribution in [0.4, 0.5) is 5.13 Å². The summed E-state index contributed by atoms with van der Waals surface area (Å²) in [6.45, 7) is 4.61. The van der Waals surface area contributed by atoms with Crippen LogP contribution in [-0.4, -0.2) is 40.4 Å². The van der Waals surface area contributed by atoms with Gasteiger partial charge in [-0.05, 0) is 38.0 Å². The van der Waals surface area contributed by atoms with Gasteiger partial charge >= 0.3 is 0 Å². The Balaban J connectivity index is 1.36. The number of piperidine rings is 1. The maximum absolute atomic E-state index is 12.8. The molecule has 0 aliphatic carbocycles. The fourth-order valence-corrected chi connectivity index (χ4v) is 4.39. The topological polar surface area (TPSA) is 72.3 Å². The molecule has 152 valence electrons. The van der Waals surface area contributed by atoms with Gasteiger partial charge in [-0.1, -0.05) is 29.5 Å². The Morgan fingerprint density at radius 2 is 2.00 bits per heavy atom. The molecule has 7 nitrogen and oxygen atoms in total. The number of para-hydroxylation sites is 1. The standard InChI is InChI=1S/C21H25N5O2S/c1-2-28-18-10-4-3-8-16(18)14-22-19(27)17-9-7-13-26(15-17)21-24-23-20(29-21)25-11-5-6-12-25/h3-6,8,10-12,17H,2,7,9,13-15H2,1H3,(H,22,27)/t17-/m0/s1. The number of aromatic nitrogens is 3. The average molecular weight is 412 g/mol. The van der Waals surface area contributed by atoms with E-state index in [0.29, 0.717) is 19.7 Å². The van der Waals surface area contributed by atoms with Crippen LogP contribution in [-0.2, 0) is 11.3 Å². The Bertz CT molecular complexity index is 940. The number of carbonyl (C=O) groups excluding carboxylic acids is 1. The third-order valence-corrected chi connectivity index (χ3v) is 6.01. The van der Waals surface area contributed by atoms with Crippen LogP contribution in [0.1, 0.15) is 25.3 Å². The van der Waals surface area contributed by atoms with Crippen LogP contribution in [0, 0.1) is 5.92 Å². The molecule has 0 spiro atoms. The zero-order valence-electron chi connectivity index (χ0n) is 16.5. The van der Waals surface area contributed by atoms with E-state index in [1.165, 1.54) is 0 Å². The van der Waals surface area contributed by atoms with E-state index in [0.717, 1.165) is 41.0 Å². The first-order valence-corrected chi connectivity index (χ1v) is 10.8. The van der Waals surface area contributed by atoms with E-state index in [1.807, 2.05) is 60.3 Å². The Morgan fingerprint density at radius 1 is 1.21 bits per heavy atom. The molecule has 4 rings (SSSR count). The Morgan fingerprint density at radius 3 is 2.83 bits per heavy atom. The van der Waals surface area contributed by atoms with Crippen molar-refractivity contribution in [3.63, 3.8) is 0 Å². The number of nitrogens with one attached hydrogen (secondary N) is 1. The van der Waals surface area contributed by atoms with Gasteiger partial charge in [0.15, 0.2) is 0 Å². The number of hydrogen-bond donors (Lipinski definition) is 1. The van der Waals surface area contributed by atoms with Crippen LogP contribution >= 0.6 is 11.3 Å². The van der Waals surface area contributed by atoms with Gasteiger partial charge in [-0.25, -0.2) is 0 Å². The number of ether oxygens (including phenoxy) is 1. The van der Waals surface area contributed by atoms with Crippen molar-refractivity contribution in [3.8, 4) is 10.9 Å². The van der Waals surface area contributed by atoms with Crippen molar-refractivity contribution in [1.82, 2.24) is 20.1 Å². The number of rotatable bonds is 7. The lowest BCUT2D eigenvalue weighted by Gasteiger charge is -2.31. The molecule has 8 heteroatoms. The van der Waals surface area contributed by atoms with Crippen molar-refractivity contribution >= 4 is 22.4 Å². The van der Waals surface area contributed by atoms with E-state index in [-0.39, 0.29) is 11.8 Å². The van der Waals surface area contributed by atoms with Crippen LogP contribution in [0.3, 0.4) is 0 Å². The summed E-state index contributed by atoms with van der Waals surface area (Å²) < 4.78 is 7.60. The Hall–Kier alpha value is -2.87. The van der Waals surface area contributed by atoms with Crippen molar-refractivity contribution in [2.24, 2.45) is 5.92 Å². The normalized spacial score (nSPS) is 16.6. The van der Waals surface area contributed by atoms with E-state index in [4.69, 9.17) is 4.74 Å². The van der Waals surface area contributed by atoms with Gasteiger partial charge in [0, 0.05) is 37.6 Å². The predicted octanol–water partition coefficient (Wildman–Crippen LogP) is 3.26. The Kier molecular flexibility index (Phi) is 6.09. The highest BCUT2D eigenvalue weighted by Gasteiger charge is 2.27. The van der Waals surface area contributed by atoms with Gasteiger partial charge in [-0.2, -0.15) is 0 Å². The maximum atomic E-state index is 12.8. The van der Waals surface area contributed by atoms with Gasteiger partial charge in [0.2, 0.25) is 16.2 Å². The monoisotopic (exact) mass is 411 g/mol. The minimum atomic E-state index is -0.0538. The molecule has 1 aliphatic rings. The number of carbonyl (C=O) groups is 1. The number of hydrogen-bond acceptors (Lipinski definition) is 6. The predicted molar refractivity (Wildman–Crippen MR) is 114 cm³/mol. The summed E-state index contributed by atoms with van der Waals surface area (Å²) in [6, 6.07) is 11.8. The molecule has 1 aliphatic heterocycles. The van der Waals surface area contributed by atoms with Crippen LogP contribution < -0.4 is 15.0 Å². The summed E-state index contributed by atoms with van der Waals surface area (Å²) in [7, 11) is 0. The lowest BCUT2D eigenvalue weighted by atomic mass is 9.97. The summed E-state index contributed by atoms with van der Waals surface area (Å²) in [5.41, 5.74) is 0.996. The van der Waals surface area contributed by atoms with Gasteiger partial charge in [0.25, 0.3) is 0 Å². The largest absolute Gasteiger partial charge is 0.494 e. The second-order valence-corrected chi connectivity index (χ2v) is 7.94. The SMILES string of the molecule is CCOc1ccccc1CNC(=O)[C@H]1CCCN(c2nnc(-n3cccc3)s2)C1. The first-order chi connectivity index (χ1) is 14.2. The van der Waals surface area contributed by atoms with E-state index < -0.39 is 0 Å². The summed E-state index contributed by atoms with van der Waals surface area (Å²) in [5.74, 6) is 0.852. The van der Waals surface area contributed by atoms with E-state index >= 15 is 0 Å². The van der Waals surface area contributed by atoms with Gasteiger partial charge in [0.1, 0.15) is 5.75 Å². The Labute approximate surface area is 174 Å². The summed E-state index contributed by atoms with van der Waals surface area (Å²) in [6.07, 6.45) is 5.76. The smallest absolute Gasteiger partial charge is 0.225 e. The van der Waals surface area contributed by atoms with Crippen molar-refractivity contribution in [2.45, 2.75) is 26.3 Å². The summed E-state index contributed by atoms with van der Waals surface area (Å²) >= 11 is 1.55. The molecule has 0 bridgehead atoms. The highest BCUT2D eigenvalue weighted by molar-refractivity contribution is 7.17. The number of benzene rings is 1. The molecule has 0 unspecified atom stereocenters. The molecular weight excluding hydrogens is 386 g/mol. The van der Waals surface area contributed by atoms with E-state index in [9.17, 15) is 4.79 Å². The van der Waals surface area contributed by atoms with E-state index in [1.54, 1.807) is 11.3 Å². The van der Waals surface area contributed by atoms with Crippen LogP contribution in [0.5, 0.6) is 5.75 Å². The molecule has 0 saturated carbocycles. The summed E-state index contributed by atoms with van der Waals surface area (Å²) in [5, 5.41) is 13.4. The molecule has 1 fully saturated rings. The van der Waals surface area contributed by atoms with Crippen molar-refractivity contribution < 1.29 is 9.53 Å². The number of anilines is 1. The number of amides is 1. The molecular formula is C21H25N5O2S. The lowest BCUT2D eigenvalue weighted by molar-refractivity contribution is -0.125. The van der Waals surface area contributed by atoms with Crippen LogP contribution in [0.2, 0.25) is 0 Å². The third-order valence-electron chi connectivity index (χ3n) is 5.02. The van der Waals surface area contributed by atoms with Crippen LogP contribution in [0.25, 0.3) is 5.13 Å². The first kappa shape index (κ1) is 19.4. The minimum Gasteiger partial charge on any atom is -0.494 e. The minimum absolute atomic E-state index is 0.0538. The van der Waals surface area contributed by atoms with Gasteiger partial charge in [0.05, 0.1) is 12.5 Å². The van der Waals surface area contributed by atoms with Gasteiger partial charge in [-0.15, -0.1) is 10.2 Å². The zero-order valence-corrected chi connectivity index (χ0v) is 17.3. The van der Waals surface area contributed by atoms with Gasteiger partial charge < -0.3 is 15.0 Å². The van der Waals surface area contributed by atoms with Crippen LogP contribution in [0.15, 0.2) is 48.8 Å². The highest BCUT2D eigenvalue weighted by atomic mass is 32.1. The molecule has 1 saturated heterocycles. The molecule has 1 aromatic carbocycles. The molecule has 0 radical (unpaired) electrons. The molecule has 3 aromatic rings. The first-order valence-electron chi connectivity index (χ1n) is 9.95. The third kappa shape index (κ3) is 4.59.